The Morgan fingerprint density at radius 2 is 2.11 bits per heavy atom. The predicted octanol–water partition coefficient (Wildman–Crippen LogP) is 2.06. The van der Waals surface area contributed by atoms with Crippen molar-refractivity contribution in [1.82, 2.24) is 4.98 Å². The summed E-state index contributed by atoms with van der Waals surface area (Å²) < 4.78 is 5.09. The molecule has 1 amide bonds. The number of methoxy groups -OCH3 is 1. The number of amides is 1. The average molecular weight is 257 g/mol. The van der Waals surface area contributed by atoms with Crippen molar-refractivity contribution in [2.24, 2.45) is 0 Å². The van der Waals surface area contributed by atoms with Gasteiger partial charge in [-0.15, -0.1) is 0 Å². The first kappa shape index (κ1) is 13.0. The summed E-state index contributed by atoms with van der Waals surface area (Å²) in [5.41, 5.74) is 8.00. The Morgan fingerprint density at radius 1 is 1.32 bits per heavy atom. The van der Waals surface area contributed by atoms with Crippen molar-refractivity contribution in [2.45, 2.75) is 6.61 Å². The molecule has 0 bridgehead atoms. The molecule has 0 saturated heterocycles. The second kappa shape index (κ2) is 5.97. The number of aromatic nitrogens is 1. The van der Waals surface area contributed by atoms with Crippen LogP contribution in [-0.4, -0.2) is 18.0 Å². The molecule has 0 aliphatic heterocycles. The number of anilines is 2. The number of ether oxygens (including phenoxy) is 1. The number of hydrogen-bond donors (Lipinski definition) is 2. The standard InChI is InChI=1S/C14H15N3O2/c1-19-9-10-4-2-3-5-12(10)17-14(18)13-7-6-11(15)8-16-13/h2-8H,9,15H2,1H3,(H,17,18). The highest BCUT2D eigenvalue weighted by molar-refractivity contribution is 6.03. The summed E-state index contributed by atoms with van der Waals surface area (Å²) in [6, 6.07) is 10.7. The van der Waals surface area contributed by atoms with E-state index in [1.54, 1.807) is 19.2 Å². The normalized spacial score (nSPS) is 10.2. The lowest BCUT2D eigenvalue weighted by atomic mass is 10.2. The number of pyridine rings is 1. The third-order valence-electron chi connectivity index (χ3n) is 2.58. The molecular formula is C14H15N3O2. The van der Waals surface area contributed by atoms with E-state index < -0.39 is 0 Å². The number of benzene rings is 1. The molecule has 0 fully saturated rings. The SMILES string of the molecule is COCc1ccccc1NC(=O)c1ccc(N)cn1. The number of para-hydroxylation sites is 1. The summed E-state index contributed by atoms with van der Waals surface area (Å²) in [5.74, 6) is -0.274. The monoisotopic (exact) mass is 257 g/mol. The lowest BCUT2D eigenvalue weighted by molar-refractivity contribution is 0.102. The van der Waals surface area contributed by atoms with Crippen molar-refractivity contribution >= 4 is 17.3 Å². The van der Waals surface area contributed by atoms with Crippen LogP contribution < -0.4 is 11.1 Å². The molecule has 19 heavy (non-hydrogen) atoms. The van der Waals surface area contributed by atoms with E-state index in [4.69, 9.17) is 10.5 Å². The summed E-state index contributed by atoms with van der Waals surface area (Å²) in [6.45, 7) is 0.436. The topological polar surface area (TPSA) is 77.2 Å². The van der Waals surface area contributed by atoms with E-state index in [1.165, 1.54) is 6.20 Å². The molecule has 1 heterocycles. The molecule has 0 aliphatic rings. The first-order valence-corrected chi connectivity index (χ1v) is 5.80. The lowest BCUT2D eigenvalue weighted by Crippen LogP contribution is -2.15. The fourth-order valence-electron chi connectivity index (χ4n) is 1.65. The van der Waals surface area contributed by atoms with Crippen LogP contribution in [0.3, 0.4) is 0 Å². The molecule has 0 radical (unpaired) electrons. The van der Waals surface area contributed by atoms with Gasteiger partial charge < -0.3 is 15.8 Å². The molecule has 2 rings (SSSR count). The van der Waals surface area contributed by atoms with Gasteiger partial charge >= 0.3 is 0 Å². The van der Waals surface area contributed by atoms with Gasteiger partial charge in [-0.25, -0.2) is 4.98 Å². The maximum atomic E-state index is 12.0. The van der Waals surface area contributed by atoms with Crippen LogP contribution in [0.4, 0.5) is 11.4 Å². The Morgan fingerprint density at radius 3 is 2.79 bits per heavy atom. The van der Waals surface area contributed by atoms with Crippen molar-refractivity contribution in [2.75, 3.05) is 18.2 Å². The average Bonchev–Trinajstić information content (AvgIpc) is 2.42. The summed E-state index contributed by atoms with van der Waals surface area (Å²) >= 11 is 0. The van der Waals surface area contributed by atoms with Gasteiger partial charge in [-0.05, 0) is 18.2 Å². The number of nitrogen functional groups attached to an aromatic ring is 1. The van der Waals surface area contributed by atoms with Crippen molar-refractivity contribution in [3.8, 4) is 0 Å². The second-order valence-electron chi connectivity index (χ2n) is 4.02. The van der Waals surface area contributed by atoms with Gasteiger partial charge in [0.1, 0.15) is 5.69 Å². The van der Waals surface area contributed by atoms with Crippen LogP contribution in [0.25, 0.3) is 0 Å². The first-order valence-electron chi connectivity index (χ1n) is 5.80. The highest BCUT2D eigenvalue weighted by Crippen LogP contribution is 2.16. The predicted molar refractivity (Wildman–Crippen MR) is 73.8 cm³/mol. The molecule has 0 saturated carbocycles. The van der Waals surface area contributed by atoms with Gasteiger partial charge in [0.25, 0.3) is 5.91 Å². The molecule has 0 aliphatic carbocycles. The zero-order valence-corrected chi connectivity index (χ0v) is 10.6. The van der Waals surface area contributed by atoms with E-state index in [0.29, 0.717) is 23.7 Å². The molecular weight excluding hydrogens is 242 g/mol. The zero-order valence-electron chi connectivity index (χ0n) is 10.6. The Balaban J connectivity index is 2.16. The summed E-state index contributed by atoms with van der Waals surface area (Å²) in [7, 11) is 1.61. The minimum atomic E-state index is -0.274. The molecule has 0 spiro atoms. The van der Waals surface area contributed by atoms with Crippen LogP contribution in [-0.2, 0) is 11.3 Å². The van der Waals surface area contributed by atoms with Crippen LogP contribution in [0, 0.1) is 0 Å². The Kier molecular flexibility index (Phi) is 4.10. The van der Waals surface area contributed by atoms with E-state index in [1.807, 2.05) is 24.3 Å². The number of rotatable bonds is 4. The molecule has 98 valence electrons. The van der Waals surface area contributed by atoms with Crippen LogP contribution in [0.1, 0.15) is 16.1 Å². The maximum absolute atomic E-state index is 12.0. The molecule has 1 aromatic carbocycles. The molecule has 2 aromatic rings. The van der Waals surface area contributed by atoms with Crippen molar-refractivity contribution in [1.29, 1.82) is 0 Å². The Bertz CT molecular complexity index is 567. The summed E-state index contributed by atoms with van der Waals surface area (Å²) in [5, 5.41) is 2.81. The first-order chi connectivity index (χ1) is 9.20. The summed E-state index contributed by atoms with van der Waals surface area (Å²) in [6.07, 6.45) is 1.45. The van der Waals surface area contributed by atoms with Gasteiger partial charge in [0, 0.05) is 18.4 Å². The van der Waals surface area contributed by atoms with Crippen LogP contribution in [0.15, 0.2) is 42.6 Å². The highest BCUT2D eigenvalue weighted by atomic mass is 16.5. The Labute approximate surface area is 111 Å². The maximum Gasteiger partial charge on any atom is 0.274 e. The number of hydrogen-bond acceptors (Lipinski definition) is 4. The van der Waals surface area contributed by atoms with Gasteiger partial charge in [0.2, 0.25) is 0 Å². The zero-order chi connectivity index (χ0) is 13.7. The van der Waals surface area contributed by atoms with E-state index in [0.717, 1.165) is 5.56 Å². The van der Waals surface area contributed by atoms with Gasteiger partial charge in [-0.2, -0.15) is 0 Å². The second-order valence-corrected chi connectivity index (χ2v) is 4.02. The quantitative estimate of drug-likeness (QED) is 0.879. The number of nitrogens with one attached hydrogen (secondary N) is 1. The highest BCUT2D eigenvalue weighted by Gasteiger charge is 2.09. The van der Waals surface area contributed by atoms with Crippen LogP contribution >= 0.6 is 0 Å². The van der Waals surface area contributed by atoms with Crippen molar-refractivity contribution in [3.05, 3.63) is 53.9 Å². The van der Waals surface area contributed by atoms with Crippen LogP contribution in [0.2, 0.25) is 0 Å². The smallest absolute Gasteiger partial charge is 0.274 e. The third kappa shape index (κ3) is 3.29. The number of carbonyl (C=O) groups excluding carboxylic acids is 1. The lowest BCUT2D eigenvalue weighted by Gasteiger charge is -2.10. The molecule has 5 heteroatoms. The van der Waals surface area contributed by atoms with E-state index in [2.05, 4.69) is 10.3 Å². The fourth-order valence-corrected chi connectivity index (χ4v) is 1.65. The molecule has 1 aromatic heterocycles. The van der Waals surface area contributed by atoms with E-state index in [9.17, 15) is 4.79 Å². The third-order valence-corrected chi connectivity index (χ3v) is 2.58. The van der Waals surface area contributed by atoms with Crippen LogP contribution in [0.5, 0.6) is 0 Å². The number of nitrogens with two attached hydrogens (primary N) is 1. The number of carbonyl (C=O) groups is 1. The molecule has 0 atom stereocenters. The van der Waals surface area contributed by atoms with Gasteiger partial charge in [0.15, 0.2) is 0 Å². The van der Waals surface area contributed by atoms with E-state index in [-0.39, 0.29) is 5.91 Å². The largest absolute Gasteiger partial charge is 0.397 e. The van der Waals surface area contributed by atoms with Gasteiger partial charge in [0.05, 0.1) is 18.5 Å². The molecule has 3 N–H and O–H groups in total. The number of nitrogens with zero attached hydrogens (tertiary/aromatic N) is 1. The fraction of sp³-hybridized carbons (Fsp3) is 0.143. The Hall–Kier alpha value is -2.40. The minimum Gasteiger partial charge on any atom is -0.397 e. The molecule has 5 nitrogen and oxygen atoms in total. The summed E-state index contributed by atoms with van der Waals surface area (Å²) in [4.78, 5) is 16.0. The van der Waals surface area contributed by atoms with E-state index >= 15 is 0 Å². The minimum absolute atomic E-state index is 0.274. The van der Waals surface area contributed by atoms with Crippen molar-refractivity contribution < 1.29 is 9.53 Å². The van der Waals surface area contributed by atoms with Gasteiger partial charge in [-0.1, -0.05) is 18.2 Å². The van der Waals surface area contributed by atoms with Gasteiger partial charge in [-0.3, -0.25) is 4.79 Å². The molecule has 0 unspecified atom stereocenters. The van der Waals surface area contributed by atoms with Crippen molar-refractivity contribution in [3.63, 3.8) is 0 Å².